The fraction of sp³-hybridized carbons (Fsp3) is 0.312. The number of amidine groups is 1. The van der Waals surface area contributed by atoms with E-state index < -0.39 is 0 Å². The minimum atomic E-state index is 0.125. The number of nitrogens with two attached hydrogens (primary N) is 1. The Morgan fingerprint density at radius 2 is 1.95 bits per heavy atom. The predicted molar refractivity (Wildman–Crippen MR) is 86.3 cm³/mol. The summed E-state index contributed by atoms with van der Waals surface area (Å²) in [5.41, 5.74) is 7.51. The minimum absolute atomic E-state index is 0.125. The molecule has 0 aliphatic carbocycles. The van der Waals surface area contributed by atoms with E-state index in [0.717, 1.165) is 25.1 Å². The molecule has 2 rings (SSSR count). The average molecular weight is 287 g/mol. The number of benzene rings is 1. The Morgan fingerprint density at radius 1 is 1.20 bits per heavy atom. The molecule has 2 aromatic rings. The van der Waals surface area contributed by atoms with Gasteiger partial charge in [-0.25, -0.2) is 0 Å². The van der Waals surface area contributed by atoms with Crippen molar-refractivity contribution in [3.8, 4) is 0 Å². The quantitative estimate of drug-likeness (QED) is 0.633. The molecule has 1 aromatic carbocycles. The van der Waals surface area contributed by atoms with E-state index in [1.165, 1.54) is 15.3 Å². The van der Waals surface area contributed by atoms with Crippen LogP contribution in [-0.2, 0) is 19.5 Å². The molecule has 106 valence electrons. The maximum atomic E-state index is 7.48. The van der Waals surface area contributed by atoms with E-state index in [1.54, 1.807) is 0 Å². The third kappa shape index (κ3) is 3.92. The monoisotopic (exact) mass is 287 g/mol. The third-order valence-electron chi connectivity index (χ3n) is 3.18. The van der Waals surface area contributed by atoms with Gasteiger partial charge >= 0.3 is 0 Å². The normalized spacial score (nSPS) is 10.9. The summed E-state index contributed by atoms with van der Waals surface area (Å²) >= 11 is 1.88. The zero-order chi connectivity index (χ0) is 14.5. The number of nitrogens with one attached hydrogen (secondary N) is 1. The Morgan fingerprint density at radius 3 is 2.60 bits per heavy atom. The van der Waals surface area contributed by atoms with Crippen LogP contribution in [0.4, 0.5) is 0 Å². The molecule has 1 heterocycles. The van der Waals surface area contributed by atoms with Crippen molar-refractivity contribution in [3.63, 3.8) is 0 Å². The fourth-order valence-electron chi connectivity index (χ4n) is 2.17. The summed E-state index contributed by atoms with van der Waals surface area (Å²) < 4.78 is 0. The highest BCUT2D eigenvalue weighted by atomic mass is 32.1. The van der Waals surface area contributed by atoms with Crippen molar-refractivity contribution in [2.75, 3.05) is 7.05 Å². The summed E-state index contributed by atoms with van der Waals surface area (Å²) in [6.07, 6.45) is 1.11. The molecule has 0 saturated heterocycles. The van der Waals surface area contributed by atoms with E-state index in [1.807, 2.05) is 29.5 Å². The summed E-state index contributed by atoms with van der Waals surface area (Å²) in [5.74, 6) is 0.125. The first kappa shape index (κ1) is 14.8. The lowest BCUT2D eigenvalue weighted by Gasteiger charge is -2.16. The van der Waals surface area contributed by atoms with Gasteiger partial charge in [-0.15, -0.1) is 11.3 Å². The maximum Gasteiger partial charge on any atom is 0.122 e. The van der Waals surface area contributed by atoms with E-state index in [-0.39, 0.29) is 5.84 Å². The Labute approximate surface area is 124 Å². The summed E-state index contributed by atoms with van der Waals surface area (Å²) in [5, 5.41) is 7.48. The molecule has 0 atom stereocenters. The Balaban J connectivity index is 1.98. The topological polar surface area (TPSA) is 53.1 Å². The standard InChI is InChI=1S/C16H21N3S/c1-3-14-7-8-15(20-14)11-19(2)10-12-5-4-6-13(9-12)16(17)18/h4-9H,3,10-11H2,1-2H3,(H3,17,18). The van der Waals surface area contributed by atoms with Gasteiger partial charge < -0.3 is 5.73 Å². The molecule has 1 aromatic heterocycles. The van der Waals surface area contributed by atoms with Gasteiger partial charge in [-0.3, -0.25) is 10.3 Å². The van der Waals surface area contributed by atoms with E-state index in [2.05, 4.69) is 37.1 Å². The van der Waals surface area contributed by atoms with Gasteiger partial charge in [0.05, 0.1) is 0 Å². The lowest BCUT2D eigenvalue weighted by molar-refractivity contribution is 0.322. The lowest BCUT2D eigenvalue weighted by Crippen LogP contribution is -2.17. The van der Waals surface area contributed by atoms with Crippen LogP contribution < -0.4 is 5.73 Å². The second kappa shape index (κ2) is 6.68. The summed E-state index contributed by atoms with van der Waals surface area (Å²) in [7, 11) is 2.12. The number of hydrogen-bond acceptors (Lipinski definition) is 3. The third-order valence-corrected chi connectivity index (χ3v) is 4.40. The smallest absolute Gasteiger partial charge is 0.122 e. The van der Waals surface area contributed by atoms with Gasteiger partial charge in [0.15, 0.2) is 0 Å². The Bertz CT molecular complexity index is 589. The highest BCUT2D eigenvalue weighted by molar-refractivity contribution is 7.11. The molecule has 0 aliphatic heterocycles. The van der Waals surface area contributed by atoms with Crippen LogP contribution in [0.3, 0.4) is 0 Å². The number of nitrogens with zero attached hydrogens (tertiary/aromatic N) is 1. The molecule has 4 heteroatoms. The van der Waals surface area contributed by atoms with Gasteiger partial charge in [0, 0.05) is 28.4 Å². The summed E-state index contributed by atoms with van der Waals surface area (Å²) in [6.45, 7) is 4.00. The van der Waals surface area contributed by atoms with Gasteiger partial charge in [-0.05, 0) is 37.2 Å². The Kier molecular flexibility index (Phi) is 4.93. The van der Waals surface area contributed by atoms with E-state index >= 15 is 0 Å². The molecule has 20 heavy (non-hydrogen) atoms. The summed E-state index contributed by atoms with van der Waals surface area (Å²) in [6, 6.07) is 12.3. The summed E-state index contributed by atoms with van der Waals surface area (Å²) in [4.78, 5) is 5.11. The Hall–Kier alpha value is -1.65. The first-order valence-corrected chi connectivity index (χ1v) is 7.59. The van der Waals surface area contributed by atoms with Gasteiger partial charge in [0.25, 0.3) is 0 Å². The van der Waals surface area contributed by atoms with Crippen molar-refractivity contribution in [2.24, 2.45) is 5.73 Å². The highest BCUT2D eigenvalue weighted by Crippen LogP contribution is 2.19. The SMILES string of the molecule is CCc1ccc(CN(C)Cc2cccc(C(=N)N)c2)s1. The lowest BCUT2D eigenvalue weighted by atomic mass is 10.1. The highest BCUT2D eigenvalue weighted by Gasteiger charge is 2.05. The largest absolute Gasteiger partial charge is 0.384 e. The van der Waals surface area contributed by atoms with E-state index in [0.29, 0.717) is 0 Å². The fourth-order valence-corrected chi connectivity index (χ4v) is 3.21. The van der Waals surface area contributed by atoms with Crippen LogP contribution in [0.2, 0.25) is 0 Å². The molecule has 0 saturated carbocycles. The van der Waals surface area contributed by atoms with Crippen LogP contribution in [0, 0.1) is 5.41 Å². The van der Waals surface area contributed by atoms with Crippen LogP contribution in [0.1, 0.15) is 27.8 Å². The average Bonchev–Trinajstić information content (AvgIpc) is 2.86. The van der Waals surface area contributed by atoms with Crippen molar-refractivity contribution in [2.45, 2.75) is 26.4 Å². The number of rotatable bonds is 6. The van der Waals surface area contributed by atoms with Crippen molar-refractivity contribution in [1.29, 1.82) is 5.41 Å². The first-order chi connectivity index (χ1) is 9.58. The van der Waals surface area contributed by atoms with Crippen LogP contribution in [0.25, 0.3) is 0 Å². The molecule has 0 unspecified atom stereocenters. The molecule has 0 bridgehead atoms. The molecule has 0 fully saturated rings. The molecule has 0 amide bonds. The van der Waals surface area contributed by atoms with Crippen LogP contribution in [-0.4, -0.2) is 17.8 Å². The zero-order valence-electron chi connectivity index (χ0n) is 12.0. The molecule has 0 aliphatic rings. The predicted octanol–water partition coefficient (Wildman–Crippen LogP) is 3.23. The first-order valence-electron chi connectivity index (χ1n) is 6.78. The molecular formula is C16H21N3S. The van der Waals surface area contributed by atoms with Crippen molar-refractivity contribution in [1.82, 2.24) is 4.90 Å². The van der Waals surface area contributed by atoms with E-state index in [4.69, 9.17) is 11.1 Å². The zero-order valence-corrected chi connectivity index (χ0v) is 12.8. The molecule has 0 spiro atoms. The molecular weight excluding hydrogens is 266 g/mol. The second-order valence-corrected chi connectivity index (χ2v) is 6.26. The number of nitrogen functional groups attached to an aromatic ring is 1. The van der Waals surface area contributed by atoms with Crippen molar-refractivity contribution in [3.05, 3.63) is 57.3 Å². The second-order valence-electron chi connectivity index (χ2n) is 5.01. The van der Waals surface area contributed by atoms with E-state index in [9.17, 15) is 0 Å². The van der Waals surface area contributed by atoms with Gasteiger partial charge in [0.1, 0.15) is 5.84 Å². The minimum Gasteiger partial charge on any atom is -0.384 e. The van der Waals surface area contributed by atoms with Crippen LogP contribution in [0.5, 0.6) is 0 Å². The number of thiophene rings is 1. The van der Waals surface area contributed by atoms with Gasteiger partial charge in [-0.2, -0.15) is 0 Å². The van der Waals surface area contributed by atoms with Crippen molar-refractivity contribution < 1.29 is 0 Å². The van der Waals surface area contributed by atoms with Crippen LogP contribution in [0.15, 0.2) is 36.4 Å². The molecule has 0 radical (unpaired) electrons. The maximum absolute atomic E-state index is 7.48. The van der Waals surface area contributed by atoms with Crippen molar-refractivity contribution >= 4 is 17.2 Å². The number of aryl methyl sites for hydroxylation is 1. The number of hydrogen-bond donors (Lipinski definition) is 2. The molecule has 3 N–H and O–H groups in total. The van der Waals surface area contributed by atoms with Gasteiger partial charge in [-0.1, -0.05) is 25.1 Å². The molecule has 3 nitrogen and oxygen atoms in total. The van der Waals surface area contributed by atoms with Gasteiger partial charge in [0.2, 0.25) is 0 Å². The van der Waals surface area contributed by atoms with Crippen LogP contribution >= 0.6 is 11.3 Å².